The van der Waals surface area contributed by atoms with Crippen molar-refractivity contribution in [3.05, 3.63) is 33.2 Å². The van der Waals surface area contributed by atoms with Gasteiger partial charge in [-0.2, -0.15) is 5.26 Å². The topological polar surface area (TPSA) is 85.8 Å². The molecule has 1 aromatic heterocycles. The molecule has 0 saturated carbocycles. The van der Waals surface area contributed by atoms with E-state index in [1.165, 1.54) is 0 Å². The maximum atomic E-state index is 11.8. The summed E-state index contributed by atoms with van der Waals surface area (Å²) in [5.74, 6) is 0.0808. The van der Waals surface area contributed by atoms with Gasteiger partial charge in [-0.05, 0) is 36.8 Å². The van der Waals surface area contributed by atoms with Gasteiger partial charge in [-0.1, -0.05) is 6.92 Å². The summed E-state index contributed by atoms with van der Waals surface area (Å²) >= 11 is 0. The van der Waals surface area contributed by atoms with Crippen molar-refractivity contribution in [1.82, 2.24) is 10.3 Å². The second kappa shape index (κ2) is 5.05. The zero-order chi connectivity index (χ0) is 13.1. The Hall–Kier alpha value is -2.09. The fourth-order valence-electron chi connectivity index (χ4n) is 2.27. The molecule has 5 heteroatoms. The van der Waals surface area contributed by atoms with Crippen LogP contribution in [0.25, 0.3) is 0 Å². The first-order chi connectivity index (χ1) is 8.61. The molecule has 5 nitrogen and oxygen atoms in total. The van der Waals surface area contributed by atoms with Crippen molar-refractivity contribution >= 4 is 5.91 Å². The van der Waals surface area contributed by atoms with Gasteiger partial charge in [0.1, 0.15) is 12.1 Å². The number of H-pyrrole nitrogens is 1. The number of nitrogens with zero attached hydrogens (tertiary/aromatic N) is 1. The molecule has 0 aromatic carbocycles. The van der Waals surface area contributed by atoms with Crippen LogP contribution in [0.4, 0.5) is 0 Å². The lowest BCUT2D eigenvalue weighted by molar-refractivity contribution is 0.0956. The van der Waals surface area contributed by atoms with Crippen molar-refractivity contribution in [2.24, 2.45) is 5.92 Å². The van der Waals surface area contributed by atoms with Gasteiger partial charge in [0.25, 0.3) is 11.5 Å². The van der Waals surface area contributed by atoms with E-state index < -0.39 is 5.91 Å². The van der Waals surface area contributed by atoms with Gasteiger partial charge >= 0.3 is 0 Å². The third-order valence-electron chi connectivity index (χ3n) is 3.24. The summed E-state index contributed by atoms with van der Waals surface area (Å²) in [6, 6.07) is 3.48. The highest BCUT2D eigenvalue weighted by Crippen LogP contribution is 2.23. The molecule has 0 aliphatic heterocycles. The first kappa shape index (κ1) is 12.4. The average molecular weight is 245 g/mol. The highest BCUT2D eigenvalue weighted by Gasteiger charge is 2.19. The van der Waals surface area contributed by atoms with Gasteiger partial charge in [-0.3, -0.25) is 9.59 Å². The minimum Gasteiger partial charge on any atom is -0.339 e. The smallest absolute Gasteiger partial charge is 0.261 e. The van der Waals surface area contributed by atoms with Crippen LogP contribution in [-0.2, 0) is 12.8 Å². The van der Waals surface area contributed by atoms with Gasteiger partial charge < -0.3 is 10.3 Å². The molecule has 18 heavy (non-hydrogen) atoms. The number of hydrogen-bond donors (Lipinski definition) is 2. The van der Waals surface area contributed by atoms with E-state index in [0.717, 1.165) is 30.5 Å². The lowest BCUT2D eigenvalue weighted by Crippen LogP contribution is -2.31. The summed E-state index contributed by atoms with van der Waals surface area (Å²) in [4.78, 5) is 26.3. The number of amides is 1. The van der Waals surface area contributed by atoms with Crippen molar-refractivity contribution in [3.8, 4) is 6.07 Å². The van der Waals surface area contributed by atoms with E-state index in [2.05, 4.69) is 17.2 Å². The van der Waals surface area contributed by atoms with Crippen LogP contribution in [0, 0.1) is 17.2 Å². The second-order valence-electron chi connectivity index (χ2n) is 4.70. The van der Waals surface area contributed by atoms with Crippen molar-refractivity contribution in [2.75, 3.05) is 6.54 Å². The van der Waals surface area contributed by atoms with Crippen LogP contribution in [0.1, 0.15) is 35.0 Å². The predicted octanol–water partition coefficient (Wildman–Crippen LogP) is 0.753. The first-order valence-corrected chi connectivity index (χ1v) is 6.02. The predicted molar refractivity (Wildman–Crippen MR) is 66.2 cm³/mol. The normalized spacial score (nSPS) is 17.7. The van der Waals surface area contributed by atoms with Gasteiger partial charge in [0, 0.05) is 5.69 Å². The number of rotatable bonds is 2. The lowest BCUT2D eigenvalue weighted by atomic mass is 9.87. The number of carbonyl (C=O) groups excluding carboxylic acids is 1. The molecule has 1 aromatic rings. The molecule has 0 spiro atoms. The monoisotopic (exact) mass is 245 g/mol. The number of aromatic amines is 1. The molecule has 94 valence electrons. The molecule has 1 aliphatic rings. The van der Waals surface area contributed by atoms with Crippen LogP contribution in [0.5, 0.6) is 0 Å². The molecule has 1 heterocycles. The van der Waals surface area contributed by atoms with Gasteiger partial charge in [-0.25, -0.2) is 0 Å². The summed E-state index contributed by atoms with van der Waals surface area (Å²) in [6.45, 7) is 2.06. The fourth-order valence-corrected chi connectivity index (χ4v) is 2.27. The summed E-state index contributed by atoms with van der Waals surface area (Å²) in [5, 5.41) is 10.8. The lowest BCUT2D eigenvalue weighted by Gasteiger charge is -2.21. The number of hydrogen-bond acceptors (Lipinski definition) is 3. The molecular weight excluding hydrogens is 230 g/mol. The van der Waals surface area contributed by atoms with Crippen LogP contribution < -0.4 is 10.9 Å². The summed E-state index contributed by atoms with van der Waals surface area (Å²) < 4.78 is 0. The molecule has 1 unspecified atom stereocenters. The largest absolute Gasteiger partial charge is 0.339 e. The highest BCUT2D eigenvalue weighted by atomic mass is 16.2. The summed E-state index contributed by atoms with van der Waals surface area (Å²) in [7, 11) is 0. The van der Waals surface area contributed by atoms with Gasteiger partial charge in [0.05, 0.1) is 6.07 Å². The molecule has 2 rings (SSSR count). The second-order valence-corrected chi connectivity index (χ2v) is 4.70. The Labute approximate surface area is 105 Å². The van der Waals surface area contributed by atoms with Crippen LogP contribution in [-0.4, -0.2) is 17.4 Å². The van der Waals surface area contributed by atoms with Gasteiger partial charge in [0.2, 0.25) is 0 Å². The first-order valence-electron chi connectivity index (χ1n) is 6.02. The molecule has 1 amide bonds. The van der Waals surface area contributed by atoms with Crippen LogP contribution in [0.2, 0.25) is 0 Å². The Morgan fingerprint density at radius 2 is 2.44 bits per heavy atom. The Balaban J connectivity index is 2.33. The summed E-state index contributed by atoms with van der Waals surface area (Å²) in [6.07, 6.45) is 2.79. The van der Waals surface area contributed by atoms with Crippen molar-refractivity contribution in [3.63, 3.8) is 0 Å². The molecule has 1 aliphatic carbocycles. The van der Waals surface area contributed by atoms with Crippen LogP contribution in [0.15, 0.2) is 10.9 Å². The number of fused-ring (bicyclic) bond motifs is 1. The molecule has 0 radical (unpaired) electrons. The minimum absolute atomic E-state index is 0.0915. The van der Waals surface area contributed by atoms with Crippen molar-refractivity contribution < 1.29 is 4.79 Å². The molecule has 1 atom stereocenters. The Bertz CT molecular complexity index is 569. The van der Waals surface area contributed by atoms with E-state index in [1.807, 2.05) is 6.07 Å². The highest BCUT2D eigenvalue weighted by molar-refractivity contribution is 5.94. The maximum Gasteiger partial charge on any atom is 0.261 e. The van der Waals surface area contributed by atoms with Crippen LogP contribution in [0.3, 0.4) is 0 Å². The van der Waals surface area contributed by atoms with E-state index in [4.69, 9.17) is 5.26 Å². The van der Waals surface area contributed by atoms with Crippen molar-refractivity contribution in [2.45, 2.75) is 26.2 Å². The molecule has 2 N–H and O–H groups in total. The molecule has 0 fully saturated rings. The van der Waals surface area contributed by atoms with Gasteiger partial charge in [-0.15, -0.1) is 0 Å². The molecule has 0 saturated heterocycles. The molecule has 0 bridgehead atoms. The average Bonchev–Trinajstić information content (AvgIpc) is 2.35. The number of aryl methyl sites for hydroxylation is 1. The minimum atomic E-state index is -0.487. The Morgan fingerprint density at radius 3 is 3.17 bits per heavy atom. The van der Waals surface area contributed by atoms with E-state index in [1.54, 1.807) is 6.07 Å². The number of nitriles is 1. The summed E-state index contributed by atoms with van der Waals surface area (Å²) in [5.41, 5.74) is 1.70. The zero-order valence-corrected chi connectivity index (χ0v) is 10.2. The third kappa shape index (κ3) is 2.43. The standard InChI is InChI=1S/C13H15N3O2/c1-8-2-3-11-9(6-8)7-10(13(18)16-11)12(17)15-5-4-14/h7-8H,2-3,5-6H2,1H3,(H,15,17)(H,16,18). The fraction of sp³-hybridized carbons (Fsp3) is 0.462. The van der Waals surface area contributed by atoms with E-state index in [0.29, 0.717) is 5.92 Å². The third-order valence-corrected chi connectivity index (χ3v) is 3.24. The van der Waals surface area contributed by atoms with E-state index in [-0.39, 0.29) is 17.7 Å². The van der Waals surface area contributed by atoms with E-state index >= 15 is 0 Å². The maximum absolute atomic E-state index is 11.8. The van der Waals surface area contributed by atoms with Gasteiger partial charge in [0.15, 0.2) is 0 Å². The number of nitrogens with one attached hydrogen (secondary N) is 2. The van der Waals surface area contributed by atoms with E-state index in [9.17, 15) is 9.59 Å². The Morgan fingerprint density at radius 1 is 1.67 bits per heavy atom. The molecular formula is C13H15N3O2. The Kier molecular flexibility index (Phi) is 3.47. The van der Waals surface area contributed by atoms with Crippen molar-refractivity contribution in [1.29, 1.82) is 5.26 Å². The number of aromatic nitrogens is 1. The quantitative estimate of drug-likeness (QED) is 0.754. The zero-order valence-electron chi connectivity index (χ0n) is 10.2. The number of carbonyl (C=O) groups is 1. The number of pyridine rings is 1. The van der Waals surface area contributed by atoms with Crippen LogP contribution >= 0.6 is 0 Å². The SMILES string of the molecule is CC1CCc2[nH]c(=O)c(C(=O)NCC#N)cc2C1.